The van der Waals surface area contributed by atoms with Crippen LogP contribution in [0.2, 0.25) is 0 Å². The highest BCUT2D eigenvalue weighted by Crippen LogP contribution is 2.31. The molecule has 0 unspecified atom stereocenters. The maximum atomic E-state index is 12.8. The molecule has 1 aromatic heterocycles. The Hall–Kier alpha value is -3.19. The highest BCUT2D eigenvalue weighted by molar-refractivity contribution is 7.09. The Morgan fingerprint density at radius 3 is 2.51 bits per heavy atom. The first-order valence-electron chi connectivity index (χ1n) is 12.5. The van der Waals surface area contributed by atoms with Crippen LogP contribution >= 0.6 is 11.3 Å². The van der Waals surface area contributed by atoms with E-state index in [0.29, 0.717) is 35.7 Å². The Labute approximate surface area is 229 Å². The fourth-order valence-corrected chi connectivity index (χ4v) is 4.61. The number of alkyl carbamates (subject to hydrolysis) is 1. The van der Waals surface area contributed by atoms with E-state index < -0.39 is 23.4 Å². The lowest BCUT2D eigenvalue weighted by molar-refractivity contribution is -0.140. The molecule has 13 heteroatoms. The number of nitrogens with zero attached hydrogens (tertiary/aromatic N) is 2. The summed E-state index contributed by atoms with van der Waals surface area (Å²) in [4.78, 5) is 42.9. The average Bonchev–Trinajstić information content (AvgIpc) is 3.34. The number of piperidine rings is 1. The summed E-state index contributed by atoms with van der Waals surface area (Å²) in [6.45, 7) is 6.46. The first-order valence-corrected chi connectivity index (χ1v) is 13.4. The van der Waals surface area contributed by atoms with E-state index in [1.54, 1.807) is 31.1 Å². The first-order chi connectivity index (χ1) is 18.3. The van der Waals surface area contributed by atoms with Gasteiger partial charge < -0.3 is 25.0 Å². The predicted molar refractivity (Wildman–Crippen MR) is 139 cm³/mol. The van der Waals surface area contributed by atoms with Gasteiger partial charge in [-0.15, -0.1) is 11.3 Å². The molecule has 2 aromatic rings. The van der Waals surface area contributed by atoms with Gasteiger partial charge in [-0.25, -0.2) is 9.78 Å². The molecule has 2 heterocycles. The minimum absolute atomic E-state index is 0.144. The number of rotatable bonds is 9. The molecule has 0 bridgehead atoms. The van der Waals surface area contributed by atoms with Crippen LogP contribution in [-0.2, 0) is 31.8 Å². The average molecular weight is 571 g/mol. The molecule has 9 nitrogen and oxygen atoms in total. The van der Waals surface area contributed by atoms with Crippen molar-refractivity contribution in [3.8, 4) is 11.3 Å². The second-order valence-electron chi connectivity index (χ2n) is 10.1. The molecular formula is C26H33F3N4O5S. The second-order valence-corrected chi connectivity index (χ2v) is 11.0. The van der Waals surface area contributed by atoms with Crippen molar-refractivity contribution in [3.63, 3.8) is 0 Å². The molecule has 1 aromatic carbocycles. The lowest BCUT2D eigenvalue weighted by Gasteiger charge is -2.32. The van der Waals surface area contributed by atoms with Gasteiger partial charge in [0.1, 0.15) is 17.2 Å². The summed E-state index contributed by atoms with van der Waals surface area (Å²) >= 11 is 1.30. The fraction of sp³-hybridized carbons (Fsp3) is 0.538. The third-order valence-electron chi connectivity index (χ3n) is 5.76. The van der Waals surface area contributed by atoms with Crippen LogP contribution in [0.4, 0.5) is 18.0 Å². The van der Waals surface area contributed by atoms with E-state index in [2.05, 4.69) is 15.6 Å². The van der Waals surface area contributed by atoms with Gasteiger partial charge in [-0.05, 0) is 45.7 Å². The number of hydrogen-bond donors (Lipinski definition) is 2. The maximum Gasteiger partial charge on any atom is 0.416 e. The summed E-state index contributed by atoms with van der Waals surface area (Å²) in [7, 11) is 0. The number of carbonyl (C=O) groups is 3. The third-order valence-corrected chi connectivity index (χ3v) is 6.61. The monoisotopic (exact) mass is 570 g/mol. The molecule has 0 aliphatic carbocycles. The summed E-state index contributed by atoms with van der Waals surface area (Å²) in [6, 6.07) is 4.76. The summed E-state index contributed by atoms with van der Waals surface area (Å²) in [5, 5.41) is 7.75. The number of amides is 3. The van der Waals surface area contributed by atoms with Crippen LogP contribution in [0, 0.1) is 5.92 Å². The molecule has 214 valence electrons. The third kappa shape index (κ3) is 9.81. The normalized spacial score (nSPS) is 16.1. The molecule has 39 heavy (non-hydrogen) atoms. The van der Waals surface area contributed by atoms with E-state index in [0.717, 1.165) is 12.1 Å². The Kier molecular flexibility index (Phi) is 10.3. The van der Waals surface area contributed by atoms with Crippen LogP contribution in [0.15, 0.2) is 29.6 Å². The number of halogens is 3. The largest absolute Gasteiger partial charge is 0.444 e. The van der Waals surface area contributed by atoms with Crippen molar-refractivity contribution < 1.29 is 37.0 Å². The molecule has 1 saturated heterocycles. The molecule has 0 radical (unpaired) electrons. The van der Waals surface area contributed by atoms with Crippen molar-refractivity contribution in [2.75, 3.05) is 32.8 Å². The molecule has 1 aliphatic rings. The number of thiazole rings is 1. The summed E-state index contributed by atoms with van der Waals surface area (Å²) in [5.74, 6) is -0.794. The van der Waals surface area contributed by atoms with Crippen molar-refractivity contribution in [2.24, 2.45) is 5.92 Å². The maximum absolute atomic E-state index is 12.8. The Morgan fingerprint density at radius 1 is 1.13 bits per heavy atom. The molecule has 3 amide bonds. The van der Waals surface area contributed by atoms with Gasteiger partial charge in [-0.2, -0.15) is 13.2 Å². The van der Waals surface area contributed by atoms with E-state index >= 15 is 0 Å². The number of hydrogen-bond acceptors (Lipinski definition) is 7. The van der Waals surface area contributed by atoms with Crippen molar-refractivity contribution in [3.05, 3.63) is 40.2 Å². The topological polar surface area (TPSA) is 110 Å². The Morgan fingerprint density at radius 2 is 1.85 bits per heavy atom. The van der Waals surface area contributed by atoms with Crippen molar-refractivity contribution >= 4 is 29.2 Å². The number of carbonyl (C=O) groups excluding carboxylic acids is 3. The number of alkyl halides is 3. The molecule has 0 spiro atoms. The number of ether oxygens (including phenoxy) is 2. The first kappa shape index (κ1) is 30.4. The van der Waals surface area contributed by atoms with E-state index in [4.69, 9.17) is 9.47 Å². The van der Waals surface area contributed by atoms with Gasteiger partial charge in [0.15, 0.2) is 0 Å². The zero-order valence-electron chi connectivity index (χ0n) is 22.1. The van der Waals surface area contributed by atoms with Crippen LogP contribution in [0.25, 0.3) is 11.3 Å². The predicted octanol–water partition coefficient (Wildman–Crippen LogP) is 4.23. The lowest BCUT2D eigenvalue weighted by atomic mass is 9.97. The minimum atomic E-state index is -4.40. The fourth-order valence-electron chi connectivity index (χ4n) is 3.87. The van der Waals surface area contributed by atoms with Gasteiger partial charge in [-0.1, -0.05) is 12.1 Å². The van der Waals surface area contributed by atoms with Crippen molar-refractivity contribution in [1.29, 1.82) is 0 Å². The van der Waals surface area contributed by atoms with Gasteiger partial charge >= 0.3 is 12.3 Å². The van der Waals surface area contributed by atoms with Gasteiger partial charge in [0, 0.05) is 30.6 Å². The zero-order valence-corrected chi connectivity index (χ0v) is 22.9. The van der Waals surface area contributed by atoms with Gasteiger partial charge in [0.2, 0.25) is 11.8 Å². The van der Waals surface area contributed by atoms with Gasteiger partial charge in [0.05, 0.1) is 30.3 Å². The number of benzene rings is 1. The van der Waals surface area contributed by atoms with Crippen LogP contribution in [-0.4, -0.2) is 66.2 Å². The molecule has 1 fully saturated rings. The Balaban J connectivity index is 1.39. The van der Waals surface area contributed by atoms with E-state index in [-0.39, 0.29) is 50.6 Å². The van der Waals surface area contributed by atoms with Crippen LogP contribution in [0.3, 0.4) is 0 Å². The van der Waals surface area contributed by atoms with Gasteiger partial charge in [0.25, 0.3) is 0 Å². The minimum Gasteiger partial charge on any atom is -0.444 e. The smallest absolute Gasteiger partial charge is 0.416 e. The summed E-state index contributed by atoms with van der Waals surface area (Å²) in [5.41, 5.74) is -0.234. The van der Waals surface area contributed by atoms with E-state index in [1.165, 1.54) is 23.5 Å². The zero-order chi connectivity index (χ0) is 28.6. The molecule has 2 N–H and O–H groups in total. The van der Waals surface area contributed by atoms with Crippen LogP contribution < -0.4 is 10.6 Å². The standard InChI is InChI=1S/C26H33F3N4O5S/c1-25(2,3)38-24(36)30-10-12-37-15-22(34)33-11-4-5-18(14-33)23(35)31-13-21-32-20(16-39-21)17-6-8-19(9-7-17)26(27,28)29/h6-9,16,18H,4-5,10-15H2,1-3H3,(H,30,36)(H,31,35)/t18-/m0/s1. The number of nitrogens with one attached hydrogen (secondary N) is 2. The summed E-state index contributed by atoms with van der Waals surface area (Å²) in [6.07, 6.45) is -3.64. The molecule has 1 atom stereocenters. The number of aromatic nitrogens is 1. The van der Waals surface area contributed by atoms with E-state index in [9.17, 15) is 27.6 Å². The lowest BCUT2D eigenvalue weighted by Crippen LogP contribution is -2.46. The highest BCUT2D eigenvalue weighted by atomic mass is 32.1. The van der Waals surface area contributed by atoms with Crippen LogP contribution in [0.1, 0.15) is 44.2 Å². The van der Waals surface area contributed by atoms with Crippen LogP contribution in [0.5, 0.6) is 0 Å². The SMILES string of the molecule is CC(C)(C)OC(=O)NCCOCC(=O)N1CCC[C@H](C(=O)NCc2nc(-c3ccc(C(F)(F)F)cc3)cs2)C1. The molecular weight excluding hydrogens is 537 g/mol. The van der Waals surface area contributed by atoms with E-state index in [1.807, 2.05) is 0 Å². The quantitative estimate of drug-likeness (QED) is 0.437. The number of likely N-dealkylation sites (tertiary alicyclic amines) is 1. The van der Waals surface area contributed by atoms with Gasteiger partial charge in [-0.3, -0.25) is 9.59 Å². The molecule has 0 saturated carbocycles. The molecule has 1 aliphatic heterocycles. The molecule has 3 rings (SSSR count). The summed E-state index contributed by atoms with van der Waals surface area (Å²) < 4.78 is 48.8. The van der Waals surface area contributed by atoms with Crippen molar-refractivity contribution in [1.82, 2.24) is 20.5 Å². The highest BCUT2D eigenvalue weighted by Gasteiger charge is 2.30. The van der Waals surface area contributed by atoms with Crippen molar-refractivity contribution in [2.45, 2.75) is 51.9 Å². The second kappa shape index (κ2) is 13.2. The Bertz CT molecular complexity index is 1130.